The standard InChI is InChI=1S/C11H13BrO4S/c1-16-5-7(13)6-17-8-2-3-10(12)9(4-8)11(14)15/h2-4,7,13H,5-6H2,1H3,(H,14,15). The number of aliphatic hydroxyl groups is 1. The number of benzene rings is 1. The van der Waals surface area contributed by atoms with E-state index in [-0.39, 0.29) is 12.2 Å². The molecule has 0 heterocycles. The zero-order chi connectivity index (χ0) is 12.8. The summed E-state index contributed by atoms with van der Waals surface area (Å²) in [6.07, 6.45) is -0.554. The Kier molecular flexibility index (Phi) is 5.97. The van der Waals surface area contributed by atoms with Gasteiger partial charge < -0.3 is 14.9 Å². The number of aliphatic hydroxyl groups excluding tert-OH is 1. The van der Waals surface area contributed by atoms with Crippen LogP contribution < -0.4 is 0 Å². The first-order valence-corrected chi connectivity index (χ1v) is 6.65. The molecule has 0 bridgehead atoms. The van der Waals surface area contributed by atoms with Crippen LogP contribution in [0.2, 0.25) is 0 Å². The van der Waals surface area contributed by atoms with Crippen LogP contribution in [0, 0.1) is 0 Å². The second-order valence-electron chi connectivity index (χ2n) is 3.37. The second kappa shape index (κ2) is 7.00. The Hall–Kier alpha value is -0.560. The van der Waals surface area contributed by atoms with Gasteiger partial charge in [0, 0.05) is 22.2 Å². The fourth-order valence-electron chi connectivity index (χ4n) is 1.19. The van der Waals surface area contributed by atoms with Crippen LogP contribution in [0.4, 0.5) is 0 Å². The Balaban J connectivity index is 2.66. The van der Waals surface area contributed by atoms with E-state index in [4.69, 9.17) is 9.84 Å². The predicted molar refractivity (Wildman–Crippen MR) is 69.7 cm³/mol. The van der Waals surface area contributed by atoms with Crippen molar-refractivity contribution in [2.75, 3.05) is 19.5 Å². The normalized spacial score (nSPS) is 12.4. The maximum atomic E-state index is 10.9. The third-order valence-electron chi connectivity index (χ3n) is 1.97. The molecule has 0 aliphatic carbocycles. The van der Waals surface area contributed by atoms with E-state index in [1.807, 2.05) is 0 Å². The van der Waals surface area contributed by atoms with Gasteiger partial charge in [0.25, 0.3) is 0 Å². The van der Waals surface area contributed by atoms with Crippen molar-refractivity contribution in [1.82, 2.24) is 0 Å². The molecule has 0 amide bonds. The first kappa shape index (κ1) is 14.5. The monoisotopic (exact) mass is 320 g/mol. The van der Waals surface area contributed by atoms with Crippen molar-refractivity contribution >= 4 is 33.7 Å². The van der Waals surface area contributed by atoms with Crippen LogP contribution in [0.25, 0.3) is 0 Å². The number of carboxylic acid groups (broad SMARTS) is 1. The van der Waals surface area contributed by atoms with Crippen molar-refractivity contribution in [1.29, 1.82) is 0 Å². The van der Waals surface area contributed by atoms with Gasteiger partial charge >= 0.3 is 5.97 Å². The number of rotatable bonds is 6. The number of methoxy groups -OCH3 is 1. The first-order valence-electron chi connectivity index (χ1n) is 4.87. The maximum absolute atomic E-state index is 10.9. The van der Waals surface area contributed by atoms with Gasteiger partial charge in [0.1, 0.15) is 0 Å². The number of hydrogen-bond acceptors (Lipinski definition) is 4. The second-order valence-corrected chi connectivity index (χ2v) is 5.31. The van der Waals surface area contributed by atoms with E-state index >= 15 is 0 Å². The number of halogens is 1. The number of carbonyl (C=O) groups is 1. The highest BCUT2D eigenvalue weighted by Crippen LogP contribution is 2.25. The average molecular weight is 321 g/mol. The van der Waals surface area contributed by atoms with Gasteiger partial charge in [0.05, 0.1) is 18.3 Å². The van der Waals surface area contributed by atoms with E-state index < -0.39 is 12.1 Å². The molecule has 17 heavy (non-hydrogen) atoms. The summed E-state index contributed by atoms with van der Waals surface area (Å²) in [5.41, 5.74) is 0.219. The molecule has 1 unspecified atom stereocenters. The zero-order valence-electron chi connectivity index (χ0n) is 9.22. The van der Waals surface area contributed by atoms with Crippen molar-refractivity contribution in [3.8, 4) is 0 Å². The molecule has 6 heteroatoms. The summed E-state index contributed by atoms with van der Waals surface area (Å²) in [7, 11) is 1.52. The average Bonchev–Trinajstić information content (AvgIpc) is 2.28. The Morgan fingerprint density at radius 1 is 1.59 bits per heavy atom. The van der Waals surface area contributed by atoms with Crippen LogP contribution in [0.15, 0.2) is 27.6 Å². The highest BCUT2D eigenvalue weighted by Gasteiger charge is 2.10. The Bertz CT molecular complexity index is 397. The molecule has 2 N–H and O–H groups in total. The number of carboxylic acids is 1. The van der Waals surface area contributed by atoms with Gasteiger partial charge in [-0.05, 0) is 34.1 Å². The van der Waals surface area contributed by atoms with E-state index in [0.717, 1.165) is 4.90 Å². The van der Waals surface area contributed by atoms with Gasteiger partial charge in [0.2, 0.25) is 0 Å². The van der Waals surface area contributed by atoms with E-state index in [2.05, 4.69) is 15.9 Å². The molecule has 0 aliphatic heterocycles. The highest BCUT2D eigenvalue weighted by molar-refractivity contribution is 9.10. The summed E-state index contributed by atoms with van der Waals surface area (Å²) in [6.45, 7) is 0.273. The molecule has 0 aliphatic rings. The van der Waals surface area contributed by atoms with Gasteiger partial charge in [-0.15, -0.1) is 11.8 Å². The molecule has 4 nitrogen and oxygen atoms in total. The quantitative estimate of drug-likeness (QED) is 0.787. The van der Waals surface area contributed by atoms with Gasteiger partial charge in [0.15, 0.2) is 0 Å². The van der Waals surface area contributed by atoms with E-state index in [9.17, 15) is 9.90 Å². The fraction of sp³-hybridized carbons (Fsp3) is 0.364. The maximum Gasteiger partial charge on any atom is 0.336 e. The van der Waals surface area contributed by atoms with Crippen LogP contribution in [-0.2, 0) is 4.74 Å². The van der Waals surface area contributed by atoms with Crippen molar-refractivity contribution in [3.63, 3.8) is 0 Å². The molecule has 0 radical (unpaired) electrons. The summed E-state index contributed by atoms with van der Waals surface area (Å²) in [5.74, 6) is -0.508. The minimum atomic E-state index is -0.975. The third kappa shape index (κ3) is 4.67. The topological polar surface area (TPSA) is 66.8 Å². The Morgan fingerprint density at radius 2 is 2.29 bits per heavy atom. The third-order valence-corrected chi connectivity index (χ3v) is 3.80. The Labute approximate surface area is 112 Å². The molecule has 0 fully saturated rings. The van der Waals surface area contributed by atoms with Gasteiger partial charge in [-0.3, -0.25) is 0 Å². The van der Waals surface area contributed by atoms with Crippen molar-refractivity contribution in [2.45, 2.75) is 11.0 Å². The van der Waals surface area contributed by atoms with Crippen LogP contribution in [0.5, 0.6) is 0 Å². The molecule has 0 aromatic heterocycles. The molecule has 1 aromatic rings. The minimum Gasteiger partial charge on any atom is -0.478 e. The lowest BCUT2D eigenvalue weighted by Gasteiger charge is -2.09. The van der Waals surface area contributed by atoms with Crippen LogP contribution >= 0.6 is 27.7 Å². The lowest BCUT2D eigenvalue weighted by molar-refractivity contribution is 0.0695. The summed E-state index contributed by atoms with van der Waals surface area (Å²) < 4.78 is 5.36. The van der Waals surface area contributed by atoms with Crippen molar-refractivity contribution in [3.05, 3.63) is 28.2 Å². The number of hydrogen-bond donors (Lipinski definition) is 2. The van der Waals surface area contributed by atoms with E-state index in [1.165, 1.54) is 18.9 Å². The molecule has 1 atom stereocenters. The molecular weight excluding hydrogens is 308 g/mol. The number of aromatic carboxylic acids is 1. The predicted octanol–water partition coefficient (Wildman–Crippen LogP) is 2.25. The van der Waals surface area contributed by atoms with Gasteiger partial charge in [-0.1, -0.05) is 0 Å². The van der Waals surface area contributed by atoms with Gasteiger partial charge in [-0.2, -0.15) is 0 Å². The fourth-order valence-corrected chi connectivity index (χ4v) is 2.45. The summed E-state index contributed by atoms with van der Waals surface area (Å²) >= 11 is 4.57. The lowest BCUT2D eigenvalue weighted by atomic mass is 10.2. The lowest BCUT2D eigenvalue weighted by Crippen LogP contribution is -2.16. The highest BCUT2D eigenvalue weighted by atomic mass is 79.9. The molecule has 1 rings (SSSR count). The van der Waals surface area contributed by atoms with Crippen molar-refractivity contribution < 1.29 is 19.7 Å². The van der Waals surface area contributed by atoms with E-state index in [1.54, 1.807) is 18.2 Å². The number of thioether (sulfide) groups is 1. The smallest absolute Gasteiger partial charge is 0.336 e. The minimum absolute atomic E-state index is 0.219. The van der Waals surface area contributed by atoms with Crippen molar-refractivity contribution in [2.24, 2.45) is 0 Å². The molecule has 94 valence electrons. The molecule has 0 saturated carbocycles. The van der Waals surface area contributed by atoms with E-state index in [0.29, 0.717) is 10.2 Å². The Morgan fingerprint density at radius 3 is 2.88 bits per heavy atom. The van der Waals surface area contributed by atoms with Gasteiger partial charge in [-0.25, -0.2) is 4.79 Å². The summed E-state index contributed by atoms with van der Waals surface area (Å²) in [4.78, 5) is 11.7. The molecule has 1 aromatic carbocycles. The SMILES string of the molecule is COCC(O)CSc1ccc(Br)c(C(=O)O)c1. The van der Waals surface area contributed by atoms with Crippen LogP contribution in [0.1, 0.15) is 10.4 Å². The molecular formula is C11H13BrO4S. The largest absolute Gasteiger partial charge is 0.478 e. The molecule has 0 saturated heterocycles. The molecule has 0 spiro atoms. The van der Waals surface area contributed by atoms with Crippen LogP contribution in [0.3, 0.4) is 0 Å². The first-order chi connectivity index (χ1) is 8.04. The summed E-state index contributed by atoms with van der Waals surface area (Å²) in [6, 6.07) is 5.08. The van der Waals surface area contributed by atoms with Crippen LogP contribution in [-0.4, -0.2) is 41.8 Å². The number of ether oxygens (including phenoxy) is 1. The summed E-state index contributed by atoms with van der Waals surface area (Å²) in [5, 5.41) is 18.4. The zero-order valence-corrected chi connectivity index (χ0v) is 11.6.